The summed E-state index contributed by atoms with van der Waals surface area (Å²) in [5.41, 5.74) is 5.34. The van der Waals surface area contributed by atoms with Crippen LogP contribution in [0.15, 0.2) is 42.7 Å². The van der Waals surface area contributed by atoms with E-state index in [1.54, 1.807) is 11.2 Å². The van der Waals surface area contributed by atoms with E-state index in [0.717, 1.165) is 33.8 Å². The van der Waals surface area contributed by atoms with Crippen LogP contribution in [0.3, 0.4) is 0 Å². The zero-order valence-electron chi connectivity index (χ0n) is 21.4. The molecule has 3 aliphatic rings. The van der Waals surface area contributed by atoms with E-state index in [4.69, 9.17) is 4.74 Å². The summed E-state index contributed by atoms with van der Waals surface area (Å²) in [4.78, 5) is 17.3. The summed E-state index contributed by atoms with van der Waals surface area (Å²) in [6, 6.07) is 11.9. The Hall–Kier alpha value is -3.17. The molecule has 2 fully saturated rings. The number of likely N-dealkylation sites (tertiary alicyclic amines) is 1. The summed E-state index contributed by atoms with van der Waals surface area (Å²) in [5.74, 6) is -1.80. The molecule has 7 nitrogen and oxygen atoms in total. The normalized spacial score (nSPS) is 21.2. The van der Waals surface area contributed by atoms with Crippen molar-refractivity contribution in [1.82, 2.24) is 19.7 Å². The van der Waals surface area contributed by atoms with Gasteiger partial charge in [-0.2, -0.15) is 0 Å². The van der Waals surface area contributed by atoms with Gasteiger partial charge in [-0.25, -0.2) is 8.78 Å². The van der Waals surface area contributed by atoms with Crippen molar-refractivity contribution in [2.75, 3.05) is 31.2 Å². The minimum Gasteiger partial charge on any atom is -0.379 e. The summed E-state index contributed by atoms with van der Waals surface area (Å²) in [5, 5.41) is 8.27. The summed E-state index contributed by atoms with van der Waals surface area (Å²) in [6.45, 7) is 5.74. The van der Waals surface area contributed by atoms with Crippen LogP contribution in [0.2, 0.25) is 0 Å². The van der Waals surface area contributed by atoms with Crippen molar-refractivity contribution >= 4 is 11.6 Å². The van der Waals surface area contributed by atoms with Gasteiger partial charge in [-0.05, 0) is 54.3 Å². The number of amides is 1. The molecule has 6 rings (SSSR count). The van der Waals surface area contributed by atoms with Crippen LogP contribution in [0.25, 0.3) is 0 Å². The van der Waals surface area contributed by atoms with E-state index < -0.39 is 5.92 Å². The van der Waals surface area contributed by atoms with Gasteiger partial charge >= 0.3 is 0 Å². The number of anilines is 1. The highest BCUT2D eigenvalue weighted by Gasteiger charge is 2.43. The maximum absolute atomic E-state index is 13.8. The van der Waals surface area contributed by atoms with Gasteiger partial charge in [0.1, 0.15) is 12.2 Å². The average Bonchev–Trinajstić information content (AvgIpc) is 3.52. The van der Waals surface area contributed by atoms with Crippen molar-refractivity contribution < 1.29 is 18.3 Å². The van der Waals surface area contributed by atoms with Crippen LogP contribution in [0.5, 0.6) is 0 Å². The first-order valence-corrected chi connectivity index (χ1v) is 12.7. The lowest BCUT2D eigenvalue weighted by molar-refractivity contribution is -0.0611. The fraction of sp³-hybridized carbons (Fsp3) is 0.464. The Morgan fingerprint density at radius 1 is 1.19 bits per heavy atom. The molecule has 1 aromatic heterocycles. The van der Waals surface area contributed by atoms with Gasteiger partial charge in [0.15, 0.2) is 0 Å². The minimum atomic E-state index is -2.65. The van der Waals surface area contributed by atoms with Gasteiger partial charge < -0.3 is 14.2 Å². The van der Waals surface area contributed by atoms with Gasteiger partial charge in [-0.3, -0.25) is 9.69 Å². The summed E-state index contributed by atoms with van der Waals surface area (Å²) in [7, 11) is 1.94. The number of carbonyl (C=O) groups excluding carboxylic acids is 1. The molecule has 0 N–H and O–H groups in total. The molecule has 3 aliphatic heterocycles. The van der Waals surface area contributed by atoms with E-state index in [0.29, 0.717) is 38.3 Å². The van der Waals surface area contributed by atoms with Crippen LogP contribution in [0.4, 0.5) is 14.5 Å². The lowest BCUT2D eigenvalue weighted by Gasteiger charge is -2.42. The Morgan fingerprint density at radius 3 is 2.65 bits per heavy atom. The highest BCUT2D eigenvalue weighted by atomic mass is 19.3. The number of ether oxygens (including phenoxy) is 1. The Balaban J connectivity index is 1.27. The number of alkyl halides is 2. The number of hydrogen-bond acceptors (Lipinski definition) is 5. The average molecular weight is 508 g/mol. The minimum absolute atomic E-state index is 0.0525. The van der Waals surface area contributed by atoms with Crippen molar-refractivity contribution in [2.24, 2.45) is 7.05 Å². The largest absolute Gasteiger partial charge is 0.379 e. The second kappa shape index (κ2) is 8.70. The van der Waals surface area contributed by atoms with E-state index in [9.17, 15) is 13.6 Å². The zero-order chi connectivity index (χ0) is 25.9. The fourth-order valence-electron chi connectivity index (χ4n) is 5.87. The van der Waals surface area contributed by atoms with Crippen LogP contribution in [-0.4, -0.2) is 57.8 Å². The Bertz CT molecular complexity index is 1370. The molecule has 4 heterocycles. The summed E-state index contributed by atoms with van der Waals surface area (Å²) in [6.07, 6.45) is 2.29. The molecule has 37 heavy (non-hydrogen) atoms. The van der Waals surface area contributed by atoms with E-state index in [2.05, 4.69) is 28.4 Å². The number of fused-ring (bicyclic) bond motifs is 1. The highest BCUT2D eigenvalue weighted by molar-refractivity contribution is 6.10. The maximum Gasteiger partial charge on any atom is 0.261 e. The fourth-order valence-corrected chi connectivity index (χ4v) is 5.87. The molecular formula is C28H31F2N5O2. The quantitative estimate of drug-likeness (QED) is 0.501. The molecule has 0 bridgehead atoms. The lowest BCUT2D eigenvalue weighted by Crippen LogP contribution is -2.49. The molecule has 0 spiro atoms. The monoisotopic (exact) mass is 507 g/mol. The van der Waals surface area contributed by atoms with Gasteiger partial charge in [-0.15, -0.1) is 10.2 Å². The molecule has 1 amide bonds. The number of benzene rings is 2. The number of rotatable bonds is 6. The predicted molar refractivity (Wildman–Crippen MR) is 135 cm³/mol. The number of halogens is 2. The van der Waals surface area contributed by atoms with Crippen LogP contribution < -0.4 is 4.90 Å². The molecule has 0 aliphatic carbocycles. The first-order valence-electron chi connectivity index (χ1n) is 12.7. The van der Waals surface area contributed by atoms with Crippen molar-refractivity contribution in [3.05, 3.63) is 76.4 Å². The van der Waals surface area contributed by atoms with Crippen LogP contribution in [0.1, 0.15) is 57.8 Å². The third-order valence-corrected chi connectivity index (χ3v) is 8.34. The predicted octanol–water partition coefficient (Wildman–Crippen LogP) is 4.20. The molecule has 2 saturated heterocycles. The Labute approximate surface area is 215 Å². The molecule has 0 saturated carbocycles. The van der Waals surface area contributed by atoms with Gasteiger partial charge in [0.05, 0.1) is 26.3 Å². The highest BCUT2D eigenvalue weighted by Crippen LogP contribution is 2.40. The SMILES string of the molecule is Cc1cc(C(C)N2CCC(F)(F)C2)cc2c1CN(c1cccc(C3(Cc4nncn4C)COC3)c1)C2=O. The Kier molecular flexibility index (Phi) is 5.69. The Morgan fingerprint density at radius 2 is 2.00 bits per heavy atom. The van der Waals surface area contributed by atoms with E-state index in [-0.39, 0.29) is 30.3 Å². The zero-order valence-corrected chi connectivity index (χ0v) is 21.4. The first-order chi connectivity index (χ1) is 17.7. The second-order valence-electron chi connectivity index (χ2n) is 10.9. The molecule has 3 aromatic rings. The molecule has 1 unspecified atom stereocenters. The number of carbonyl (C=O) groups is 1. The number of aromatic nitrogens is 3. The standard InChI is InChI=1S/C28H31F2N5O2/c1-18-9-20(19(2)34-8-7-28(29,30)14-34)10-23-24(18)13-35(26(23)36)22-6-4-5-21(11-22)27(15-37-16-27)12-25-32-31-17-33(25)3/h4-6,9-11,17,19H,7-8,12-16H2,1-3H3. The van der Waals surface area contributed by atoms with Gasteiger partial charge in [0.25, 0.3) is 11.8 Å². The first kappa shape index (κ1) is 24.2. The smallest absolute Gasteiger partial charge is 0.261 e. The molecular weight excluding hydrogens is 476 g/mol. The third-order valence-electron chi connectivity index (χ3n) is 8.34. The maximum atomic E-state index is 13.8. The van der Waals surface area contributed by atoms with Gasteiger partial charge in [0.2, 0.25) is 0 Å². The van der Waals surface area contributed by atoms with Gasteiger partial charge in [0, 0.05) is 49.1 Å². The molecule has 1 atom stereocenters. The second-order valence-corrected chi connectivity index (χ2v) is 10.9. The summed E-state index contributed by atoms with van der Waals surface area (Å²) < 4.78 is 35.2. The summed E-state index contributed by atoms with van der Waals surface area (Å²) >= 11 is 0. The van der Waals surface area contributed by atoms with Crippen LogP contribution in [-0.2, 0) is 30.2 Å². The van der Waals surface area contributed by atoms with E-state index in [1.807, 2.05) is 48.6 Å². The number of hydrogen-bond donors (Lipinski definition) is 0. The van der Waals surface area contributed by atoms with Crippen molar-refractivity contribution in [2.45, 2.75) is 50.6 Å². The van der Waals surface area contributed by atoms with Crippen molar-refractivity contribution in [3.63, 3.8) is 0 Å². The van der Waals surface area contributed by atoms with Gasteiger partial charge in [-0.1, -0.05) is 18.2 Å². The number of aryl methyl sites for hydroxylation is 2. The molecule has 0 radical (unpaired) electrons. The topological polar surface area (TPSA) is 63.5 Å². The molecule has 2 aromatic carbocycles. The van der Waals surface area contributed by atoms with Crippen LogP contribution in [0, 0.1) is 6.92 Å². The molecule has 9 heteroatoms. The van der Waals surface area contributed by atoms with E-state index >= 15 is 0 Å². The van der Waals surface area contributed by atoms with Crippen LogP contribution >= 0.6 is 0 Å². The lowest BCUT2D eigenvalue weighted by atomic mass is 9.75. The molecule has 194 valence electrons. The third kappa shape index (κ3) is 4.14. The van der Waals surface area contributed by atoms with E-state index in [1.165, 1.54) is 0 Å². The number of nitrogens with zero attached hydrogens (tertiary/aromatic N) is 5. The van der Waals surface area contributed by atoms with Crippen molar-refractivity contribution in [1.29, 1.82) is 0 Å². The van der Waals surface area contributed by atoms with Crippen molar-refractivity contribution in [3.8, 4) is 0 Å².